The van der Waals surface area contributed by atoms with Crippen molar-refractivity contribution < 1.29 is 22.3 Å². The van der Waals surface area contributed by atoms with Crippen molar-refractivity contribution in [2.24, 2.45) is 0 Å². The molecule has 1 aromatic heterocycles. The summed E-state index contributed by atoms with van der Waals surface area (Å²) in [6, 6.07) is 12.3. The third-order valence-electron chi connectivity index (χ3n) is 5.17. The number of halogens is 4. The molecule has 37 heavy (non-hydrogen) atoms. The Kier molecular flexibility index (Phi) is 9.43. The van der Waals surface area contributed by atoms with E-state index < -0.39 is 23.0 Å². The second kappa shape index (κ2) is 11.8. The largest absolute Gasteiger partial charge is 0.492 e. The standard InChI is InChI=1S/C23H22Cl4N3O5PS/c1-14-11-15(30(23(2,3)36(31)32)37(33,34)17-7-5-4-6-8-17)13-16(12-14)35-10-9-28-20-18(24)21(26)29-22(27)19(20)25/h4-8,11-13H,9-10H2,1-3H3,(H,28,29). The molecule has 14 heteroatoms. The van der Waals surface area contributed by atoms with E-state index in [-0.39, 0.29) is 44.1 Å². The molecule has 0 amide bonds. The number of aromatic nitrogens is 1. The highest BCUT2D eigenvalue weighted by Gasteiger charge is 2.42. The van der Waals surface area contributed by atoms with Gasteiger partial charge in [-0.15, -0.1) is 0 Å². The van der Waals surface area contributed by atoms with Crippen LogP contribution in [0.3, 0.4) is 0 Å². The minimum absolute atomic E-state index is 0.0122. The van der Waals surface area contributed by atoms with Gasteiger partial charge in [-0.2, -0.15) is 0 Å². The van der Waals surface area contributed by atoms with Crippen molar-refractivity contribution in [3.05, 3.63) is 74.4 Å². The fourth-order valence-corrected chi connectivity index (χ4v) is 6.76. The molecule has 0 aliphatic rings. The fourth-order valence-electron chi connectivity index (χ4n) is 3.44. The van der Waals surface area contributed by atoms with Gasteiger partial charge in [-0.1, -0.05) is 64.6 Å². The van der Waals surface area contributed by atoms with Gasteiger partial charge < -0.3 is 10.1 Å². The van der Waals surface area contributed by atoms with Crippen molar-refractivity contribution in [1.82, 2.24) is 4.98 Å². The number of benzene rings is 2. The Morgan fingerprint density at radius 2 is 1.59 bits per heavy atom. The lowest BCUT2D eigenvalue weighted by atomic mass is 10.2. The van der Waals surface area contributed by atoms with Gasteiger partial charge in [0.15, 0.2) is 15.6 Å². The fraction of sp³-hybridized carbons (Fsp3) is 0.261. The number of anilines is 2. The number of nitrogens with one attached hydrogen (secondary N) is 1. The summed E-state index contributed by atoms with van der Waals surface area (Å²) in [5.74, 6) is 0.324. The number of pyridine rings is 1. The molecule has 0 bridgehead atoms. The van der Waals surface area contributed by atoms with Gasteiger partial charge in [0.25, 0.3) is 10.0 Å². The molecule has 0 aliphatic carbocycles. The quantitative estimate of drug-likeness (QED) is 0.141. The molecule has 1 N–H and O–H groups in total. The van der Waals surface area contributed by atoms with Crippen LogP contribution in [0.4, 0.5) is 11.4 Å². The van der Waals surface area contributed by atoms with Crippen LogP contribution in [0, 0.1) is 6.92 Å². The molecular formula is C23H22Cl4N3O5PS. The monoisotopic (exact) mass is 623 g/mol. The highest BCUT2D eigenvalue weighted by Crippen LogP contribution is 2.42. The number of hydrogen-bond donors (Lipinski definition) is 1. The average Bonchev–Trinajstić information content (AvgIpc) is 2.82. The Morgan fingerprint density at radius 3 is 2.16 bits per heavy atom. The molecule has 0 fully saturated rings. The van der Waals surface area contributed by atoms with E-state index in [2.05, 4.69) is 10.3 Å². The number of rotatable bonds is 10. The molecule has 3 aromatic rings. The Labute approximate surface area is 235 Å². The number of aryl methyl sites for hydroxylation is 1. The van der Waals surface area contributed by atoms with Gasteiger partial charge in [-0.25, -0.2) is 26.8 Å². The van der Waals surface area contributed by atoms with Crippen LogP contribution in [0.25, 0.3) is 0 Å². The van der Waals surface area contributed by atoms with Crippen LogP contribution in [0.2, 0.25) is 20.4 Å². The number of hydrogen-bond acceptors (Lipinski definition) is 7. The van der Waals surface area contributed by atoms with E-state index in [4.69, 9.17) is 51.1 Å². The Balaban J connectivity index is 1.90. The third kappa shape index (κ3) is 6.53. The molecule has 0 saturated carbocycles. The normalized spacial score (nSPS) is 11.8. The molecule has 0 aliphatic heterocycles. The maximum Gasteiger partial charge on any atom is 0.342 e. The van der Waals surface area contributed by atoms with Gasteiger partial charge in [0.1, 0.15) is 22.4 Å². The first-order valence-electron chi connectivity index (χ1n) is 10.7. The van der Waals surface area contributed by atoms with Crippen LogP contribution in [-0.4, -0.2) is 31.8 Å². The summed E-state index contributed by atoms with van der Waals surface area (Å²) >= 11 is 24.2. The second-order valence-electron chi connectivity index (χ2n) is 8.31. The molecule has 8 nitrogen and oxygen atoms in total. The smallest absolute Gasteiger partial charge is 0.342 e. The van der Waals surface area contributed by atoms with Crippen molar-refractivity contribution in [2.75, 3.05) is 22.8 Å². The van der Waals surface area contributed by atoms with Gasteiger partial charge in [0.05, 0.1) is 16.3 Å². The van der Waals surface area contributed by atoms with E-state index >= 15 is 0 Å². The summed E-state index contributed by atoms with van der Waals surface area (Å²) in [6.07, 6.45) is 0. The zero-order valence-electron chi connectivity index (χ0n) is 19.8. The zero-order valence-corrected chi connectivity index (χ0v) is 24.6. The summed E-state index contributed by atoms with van der Waals surface area (Å²) in [7, 11) is -7.44. The van der Waals surface area contributed by atoms with Crippen molar-refractivity contribution in [1.29, 1.82) is 0 Å². The molecule has 0 unspecified atom stereocenters. The first-order valence-corrected chi connectivity index (χ1v) is 14.8. The summed E-state index contributed by atoms with van der Waals surface area (Å²) in [5.41, 5.74) is 1.09. The number of sulfonamides is 1. The Morgan fingerprint density at radius 1 is 1.00 bits per heavy atom. The number of nitrogens with zero attached hydrogens (tertiary/aromatic N) is 2. The SMILES string of the molecule is Cc1cc(OCCNc2c(Cl)c(Cl)nc(Cl)c2Cl)cc(N(C(C)(C)P(=O)=O)S(=O)(=O)c2ccccc2)c1. The van der Waals surface area contributed by atoms with Crippen LogP contribution in [-0.2, 0) is 19.2 Å². The van der Waals surface area contributed by atoms with Gasteiger partial charge in [-0.3, -0.25) is 0 Å². The first-order chi connectivity index (χ1) is 17.3. The predicted molar refractivity (Wildman–Crippen MR) is 148 cm³/mol. The lowest BCUT2D eigenvalue weighted by Crippen LogP contribution is -2.44. The van der Waals surface area contributed by atoms with Gasteiger partial charge in [-0.05, 0) is 50.6 Å². The summed E-state index contributed by atoms with van der Waals surface area (Å²) < 4.78 is 58.3. The molecule has 2 aromatic carbocycles. The maximum atomic E-state index is 13.6. The molecular weight excluding hydrogens is 603 g/mol. The molecule has 0 atom stereocenters. The average molecular weight is 625 g/mol. The minimum atomic E-state index is -4.25. The highest BCUT2D eigenvalue weighted by atomic mass is 35.5. The van der Waals surface area contributed by atoms with Gasteiger partial charge in [0.2, 0.25) is 0 Å². The molecule has 0 spiro atoms. The predicted octanol–water partition coefficient (Wildman–Crippen LogP) is 7.60. The van der Waals surface area contributed by atoms with Crippen LogP contribution in [0.5, 0.6) is 5.75 Å². The van der Waals surface area contributed by atoms with E-state index in [9.17, 15) is 17.5 Å². The van der Waals surface area contributed by atoms with Gasteiger partial charge in [0, 0.05) is 12.6 Å². The maximum absolute atomic E-state index is 13.6. The molecule has 0 saturated heterocycles. The molecule has 3 rings (SSSR count). The third-order valence-corrected chi connectivity index (χ3v) is 9.89. The van der Waals surface area contributed by atoms with Crippen molar-refractivity contribution in [3.8, 4) is 5.75 Å². The van der Waals surface area contributed by atoms with Crippen LogP contribution in [0.15, 0.2) is 53.4 Å². The van der Waals surface area contributed by atoms with Crippen LogP contribution in [0.1, 0.15) is 19.4 Å². The van der Waals surface area contributed by atoms with E-state index in [1.807, 2.05) is 0 Å². The highest BCUT2D eigenvalue weighted by molar-refractivity contribution is 7.93. The van der Waals surface area contributed by atoms with Crippen LogP contribution < -0.4 is 14.4 Å². The minimum Gasteiger partial charge on any atom is -0.492 e. The van der Waals surface area contributed by atoms with E-state index in [1.165, 1.54) is 32.0 Å². The summed E-state index contributed by atoms with van der Waals surface area (Å²) in [4.78, 5) is 3.77. The van der Waals surface area contributed by atoms with Crippen molar-refractivity contribution in [2.45, 2.75) is 30.9 Å². The summed E-state index contributed by atoms with van der Waals surface area (Å²) in [5, 5.41) is 1.39. The van der Waals surface area contributed by atoms with Crippen molar-refractivity contribution >= 4 is 75.5 Å². The Hall–Kier alpha value is -2.00. The van der Waals surface area contributed by atoms with Crippen LogP contribution >= 0.6 is 54.1 Å². The molecule has 0 radical (unpaired) electrons. The van der Waals surface area contributed by atoms with Crippen molar-refractivity contribution in [3.63, 3.8) is 0 Å². The van der Waals surface area contributed by atoms with Gasteiger partial charge >= 0.3 is 7.68 Å². The first kappa shape index (κ1) is 29.6. The lowest BCUT2D eigenvalue weighted by Gasteiger charge is -2.34. The lowest BCUT2D eigenvalue weighted by molar-refractivity contribution is 0.332. The van der Waals surface area contributed by atoms with E-state index in [1.54, 1.807) is 37.3 Å². The zero-order chi connectivity index (χ0) is 27.5. The van der Waals surface area contributed by atoms with E-state index in [0.717, 1.165) is 4.31 Å². The number of ether oxygens (including phenoxy) is 1. The molecule has 198 valence electrons. The van der Waals surface area contributed by atoms with E-state index in [0.29, 0.717) is 17.0 Å². The topological polar surface area (TPSA) is 106 Å². The Bertz CT molecular complexity index is 1450. The second-order valence-corrected chi connectivity index (χ2v) is 13.2. The molecule has 1 heterocycles. The summed E-state index contributed by atoms with van der Waals surface area (Å²) in [6.45, 7) is 4.72.